The van der Waals surface area contributed by atoms with Crippen LogP contribution in [0.25, 0.3) is 10.2 Å². The number of carbonyl (C=O) groups excluding carboxylic acids is 1. The van der Waals surface area contributed by atoms with E-state index in [0.29, 0.717) is 32.8 Å². The number of carbonyl (C=O) groups is 1. The van der Waals surface area contributed by atoms with E-state index in [0.717, 1.165) is 12.8 Å². The highest BCUT2D eigenvalue weighted by molar-refractivity contribution is 7.20. The van der Waals surface area contributed by atoms with Crippen LogP contribution in [0.1, 0.15) is 66.2 Å². The summed E-state index contributed by atoms with van der Waals surface area (Å²) in [6, 6.07) is 6.15. The molecule has 0 saturated heterocycles. The molecule has 1 amide bonds. The average Bonchev–Trinajstić information content (AvgIpc) is 3.06. The Hall–Kier alpha value is -2.54. The molecule has 160 valence electrons. The highest BCUT2D eigenvalue weighted by atomic mass is 32.1. The molecule has 0 spiro atoms. The molecule has 5 nitrogen and oxygen atoms in total. The maximum atomic E-state index is 13.4. The molecule has 2 heterocycles. The number of aryl methyl sites for hydroxylation is 1. The summed E-state index contributed by atoms with van der Waals surface area (Å²) in [6.45, 7) is 4.84. The molecule has 3 aromatic rings. The van der Waals surface area contributed by atoms with E-state index in [-0.39, 0.29) is 23.8 Å². The molecular weight excluding hydrogens is 401 g/mol. The highest BCUT2D eigenvalue weighted by Gasteiger charge is 2.19. The van der Waals surface area contributed by atoms with Crippen LogP contribution in [0, 0.1) is 12.7 Å². The van der Waals surface area contributed by atoms with Crippen molar-refractivity contribution >= 4 is 27.5 Å². The van der Waals surface area contributed by atoms with E-state index in [2.05, 4.69) is 17.2 Å². The largest absolute Gasteiger partial charge is 0.351 e. The second-order valence-corrected chi connectivity index (χ2v) is 8.57. The van der Waals surface area contributed by atoms with E-state index in [1.807, 2.05) is 0 Å². The quantitative estimate of drug-likeness (QED) is 0.459. The number of aromatic nitrogens is 2. The normalized spacial score (nSPS) is 11.2. The first-order valence-corrected chi connectivity index (χ1v) is 11.3. The lowest BCUT2D eigenvalue weighted by atomic mass is 10.1. The number of hydrogen-bond acceptors (Lipinski definition) is 4. The Morgan fingerprint density at radius 3 is 2.73 bits per heavy atom. The van der Waals surface area contributed by atoms with Gasteiger partial charge in [0.2, 0.25) is 0 Å². The van der Waals surface area contributed by atoms with E-state index in [9.17, 15) is 14.0 Å². The molecule has 2 aromatic heterocycles. The molecule has 3 rings (SSSR count). The van der Waals surface area contributed by atoms with Crippen LogP contribution in [0.5, 0.6) is 0 Å². The molecule has 0 aliphatic rings. The topological polar surface area (TPSA) is 64.0 Å². The van der Waals surface area contributed by atoms with Crippen molar-refractivity contribution in [1.29, 1.82) is 0 Å². The number of benzene rings is 1. The average molecular weight is 430 g/mol. The lowest BCUT2D eigenvalue weighted by molar-refractivity contribution is 0.0956. The van der Waals surface area contributed by atoms with Crippen LogP contribution < -0.4 is 10.9 Å². The lowest BCUT2D eigenvalue weighted by Crippen LogP contribution is -2.24. The third kappa shape index (κ3) is 5.33. The molecule has 0 bridgehead atoms. The van der Waals surface area contributed by atoms with Crippen molar-refractivity contribution < 1.29 is 9.18 Å². The van der Waals surface area contributed by atoms with Crippen LogP contribution in [0.15, 0.2) is 35.4 Å². The minimum atomic E-state index is -0.342. The molecule has 1 N–H and O–H groups in total. The molecule has 0 saturated carbocycles. The first kappa shape index (κ1) is 22.2. The van der Waals surface area contributed by atoms with Gasteiger partial charge in [0.1, 0.15) is 10.6 Å². The fraction of sp³-hybridized carbons (Fsp3) is 0.435. The summed E-state index contributed by atoms with van der Waals surface area (Å²) in [7, 11) is 0. The van der Waals surface area contributed by atoms with Gasteiger partial charge in [-0.15, -0.1) is 11.3 Å². The minimum Gasteiger partial charge on any atom is -0.351 e. The SMILES string of the molecule is CCCCCCCCNC(=O)c1sc2ncn(Cc3cccc(F)c3)c(=O)c2c1C. The van der Waals surface area contributed by atoms with Crippen LogP contribution in [-0.2, 0) is 6.54 Å². The molecule has 1 aromatic carbocycles. The number of amides is 1. The minimum absolute atomic E-state index is 0.153. The van der Waals surface area contributed by atoms with E-state index < -0.39 is 0 Å². The Morgan fingerprint density at radius 1 is 1.20 bits per heavy atom. The summed E-state index contributed by atoms with van der Waals surface area (Å²) < 4.78 is 14.9. The zero-order valence-corrected chi connectivity index (χ0v) is 18.4. The molecule has 0 aliphatic carbocycles. The van der Waals surface area contributed by atoms with Gasteiger partial charge in [0.15, 0.2) is 0 Å². The Labute approximate surface area is 180 Å². The molecule has 7 heteroatoms. The van der Waals surface area contributed by atoms with Crippen molar-refractivity contribution in [2.75, 3.05) is 6.54 Å². The van der Waals surface area contributed by atoms with E-state index >= 15 is 0 Å². The van der Waals surface area contributed by atoms with Crippen LogP contribution in [0.4, 0.5) is 4.39 Å². The number of nitrogens with zero attached hydrogens (tertiary/aromatic N) is 2. The van der Waals surface area contributed by atoms with Crippen molar-refractivity contribution in [3.63, 3.8) is 0 Å². The van der Waals surface area contributed by atoms with E-state index in [1.165, 1.54) is 60.0 Å². The first-order chi connectivity index (χ1) is 14.5. The number of fused-ring (bicyclic) bond motifs is 1. The summed E-state index contributed by atoms with van der Waals surface area (Å²) in [5.74, 6) is -0.495. The predicted molar refractivity (Wildman–Crippen MR) is 120 cm³/mol. The molecular formula is C23H28FN3O2S. The molecule has 0 fully saturated rings. The van der Waals surface area contributed by atoms with Gasteiger partial charge in [0.25, 0.3) is 11.5 Å². The van der Waals surface area contributed by atoms with Gasteiger partial charge in [0.05, 0.1) is 23.1 Å². The van der Waals surface area contributed by atoms with Crippen LogP contribution in [0.2, 0.25) is 0 Å². The van der Waals surface area contributed by atoms with Crippen LogP contribution in [0.3, 0.4) is 0 Å². The fourth-order valence-corrected chi connectivity index (χ4v) is 4.56. The Balaban J connectivity index is 1.70. The Morgan fingerprint density at radius 2 is 1.97 bits per heavy atom. The Kier molecular flexibility index (Phi) is 7.74. The van der Waals surface area contributed by atoms with Crippen molar-refractivity contribution in [2.45, 2.75) is 58.9 Å². The van der Waals surface area contributed by atoms with Gasteiger partial charge >= 0.3 is 0 Å². The molecule has 0 unspecified atom stereocenters. The summed E-state index contributed by atoms with van der Waals surface area (Å²) in [4.78, 5) is 31.0. The summed E-state index contributed by atoms with van der Waals surface area (Å²) in [5, 5.41) is 3.43. The third-order valence-electron chi connectivity index (χ3n) is 5.18. The monoisotopic (exact) mass is 429 g/mol. The second-order valence-electron chi connectivity index (χ2n) is 7.57. The van der Waals surface area contributed by atoms with Crippen LogP contribution >= 0.6 is 11.3 Å². The number of halogens is 1. The number of unbranched alkanes of at least 4 members (excludes halogenated alkanes) is 5. The molecule has 30 heavy (non-hydrogen) atoms. The third-order valence-corrected chi connectivity index (χ3v) is 6.38. The zero-order valence-electron chi connectivity index (χ0n) is 17.5. The van der Waals surface area contributed by atoms with Crippen molar-refractivity contribution in [1.82, 2.24) is 14.9 Å². The molecule has 0 atom stereocenters. The standard InChI is InChI=1S/C23H28FN3O2S/c1-3-4-5-6-7-8-12-25-21(28)20-16(2)19-22(30-20)26-15-27(23(19)29)14-17-10-9-11-18(24)13-17/h9-11,13,15H,3-8,12,14H2,1-2H3,(H,25,28). The Bertz CT molecular complexity index is 1070. The van der Waals surface area contributed by atoms with E-state index in [4.69, 9.17) is 0 Å². The summed E-state index contributed by atoms with van der Waals surface area (Å²) in [6.07, 6.45) is 8.45. The smallest absolute Gasteiger partial charge is 0.262 e. The van der Waals surface area contributed by atoms with Gasteiger partial charge in [-0.05, 0) is 36.6 Å². The number of thiophene rings is 1. The highest BCUT2D eigenvalue weighted by Crippen LogP contribution is 2.26. The molecule has 0 radical (unpaired) electrons. The maximum Gasteiger partial charge on any atom is 0.262 e. The van der Waals surface area contributed by atoms with Gasteiger partial charge in [-0.2, -0.15) is 0 Å². The summed E-state index contributed by atoms with van der Waals surface area (Å²) >= 11 is 1.24. The van der Waals surface area contributed by atoms with Crippen molar-refractivity contribution in [2.24, 2.45) is 0 Å². The van der Waals surface area contributed by atoms with Gasteiger partial charge < -0.3 is 5.32 Å². The maximum absolute atomic E-state index is 13.4. The number of hydrogen-bond donors (Lipinski definition) is 1. The van der Waals surface area contributed by atoms with Gasteiger partial charge in [-0.3, -0.25) is 14.2 Å². The van der Waals surface area contributed by atoms with Crippen molar-refractivity contribution in [3.05, 3.63) is 62.8 Å². The lowest BCUT2D eigenvalue weighted by Gasteiger charge is -2.06. The van der Waals surface area contributed by atoms with Gasteiger partial charge in [0, 0.05) is 6.54 Å². The fourth-order valence-electron chi connectivity index (χ4n) is 3.51. The molecule has 0 aliphatic heterocycles. The number of rotatable bonds is 10. The predicted octanol–water partition coefficient (Wildman–Crippen LogP) is 5.04. The first-order valence-electron chi connectivity index (χ1n) is 10.5. The van der Waals surface area contributed by atoms with Gasteiger partial charge in [-0.25, -0.2) is 9.37 Å². The van der Waals surface area contributed by atoms with Crippen LogP contribution in [-0.4, -0.2) is 22.0 Å². The zero-order chi connectivity index (χ0) is 21.5. The van der Waals surface area contributed by atoms with E-state index in [1.54, 1.807) is 19.1 Å². The second kappa shape index (κ2) is 10.5. The summed E-state index contributed by atoms with van der Waals surface area (Å²) in [5.41, 5.74) is 1.12. The number of nitrogens with one attached hydrogen (secondary N) is 1. The van der Waals surface area contributed by atoms with Crippen molar-refractivity contribution in [3.8, 4) is 0 Å². The van der Waals surface area contributed by atoms with Gasteiger partial charge in [-0.1, -0.05) is 51.2 Å².